The first-order valence-electron chi connectivity index (χ1n) is 5.20. The number of thiophene rings is 1. The average molecular weight is 256 g/mol. The highest BCUT2D eigenvalue weighted by Crippen LogP contribution is 2.28. The minimum Gasteiger partial charge on any atom is -0.335 e. The fourth-order valence-corrected chi connectivity index (χ4v) is 2.88. The van der Waals surface area contributed by atoms with Crippen LogP contribution < -0.4 is 5.73 Å². The highest BCUT2D eigenvalue weighted by atomic mass is 35.5. The maximum Gasteiger partial charge on any atom is 0.110 e. The fourth-order valence-electron chi connectivity index (χ4n) is 1.68. The summed E-state index contributed by atoms with van der Waals surface area (Å²) in [6, 6.07) is 1.81. The Hall–Kier alpha value is -0.840. The van der Waals surface area contributed by atoms with Crippen LogP contribution in [0, 0.1) is 0 Å². The molecule has 2 N–H and O–H groups in total. The lowest BCUT2D eigenvalue weighted by atomic mass is 10.2. The number of aryl methyl sites for hydroxylation is 1. The van der Waals surface area contributed by atoms with Crippen LogP contribution in [0.5, 0.6) is 0 Å². The molecule has 1 atom stereocenters. The van der Waals surface area contributed by atoms with Crippen molar-refractivity contribution in [3.05, 3.63) is 39.6 Å². The lowest BCUT2D eigenvalue weighted by Gasteiger charge is -2.11. The molecule has 0 aliphatic carbocycles. The summed E-state index contributed by atoms with van der Waals surface area (Å²) < 4.78 is 2.10. The van der Waals surface area contributed by atoms with Crippen LogP contribution in [-0.2, 0) is 13.0 Å². The fraction of sp³-hybridized carbons (Fsp3) is 0.364. The van der Waals surface area contributed by atoms with Crippen LogP contribution in [0.4, 0.5) is 0 Å². The third kappa shape index (κ3) is 2.29. The standard InChI is InChI=1S/C11H14ClN3S/c1-2-15-5-4-14-10(15)7-9(13)11-8(12)3-6-16-11/h3-6,9H,2,7,13H2,1H3. The van der Waals surface area contributed by atoms with Crippen molar-refractivity contribution in [2.45, 2.75) is 25.9 Å². The Morgan fingerprint density at radius 1 is 1.62 bits per heavy atom. The van der Waals surface area contributed by atoms with Crippen LogP contribution in [0.1, 0.15) is 23.7 Å². The van der Waals surface area contributed by atoms with Gasteiger partial charge in [0.25, 0.3) is 0 Å². The van der Waals surface area contributed by atoms with E-state index in [1.807, 2.05) is 23.8 Å². The van der Waals surface area contributed by atoms with Crippen LogP contribution in [0.2, 0.25) is 5.02 Å². The number of nitrogens with two attached hydrogens (primary N) is 1. The molecule has 0 aliphatic heterocycles. The molecule has 0 amide bonds. The summed E-state index contributed by atoms with van der Waals surface area (Å²) in [7, 11) is 0. The van der Waals surface area contributed by atoms with Crippen molar-refractivity contribution < 1.29 is 0 Å². The van der Waals surface area contributed by atoms with E-state index >= 15 is 0 Å². The zero-order valence-corrected chi connectivity index (χ0v) is 10.6. The largest absolute Gasteiger partial charge is 0.335 e. The predicted molar refractivity (Wildman–Crippen MR) is 67.9 cm³/mol. The second kappa shape index (κ2) is 4.99. The van der Waals surface area contributed by atoms with Gasteiger partial charge in [0.2, 0.25) is 0 Å². The zero-order valence-electron chi connectivity index (χ0n) is 9.06. The van der Waals surface area contributed by atoms with E-state index in [0.29, 0.717) is 0 Å². The molecule has 2 heterocycles. The Bertz CT molecular complexity index is 463. The maximum absolute atomic E-state index is 6.13. The summed E-state index contributed by atoms with van der Waals surface area (Å²) in [6.07, 6.45) is 4.50. The van der Waals surface area contributed by atoms with Crippen molar-refractivity contribution in [1.29, 1.82) is 0 Å². The summed E-state index contributed by atoms with van der Waals surface area (Å²) in [6.45, 7) is 3.01. The predicted octanol–water partition coefficient (Wildman–Crippen LogP) is 2.86. The second-order valence-electron chi connectivity index (χ2n) is 3.57. The number of hydrogen-bond donors (Lipinski definition) is 1. The van der Waals surface area contributed by atoms with E-state index < -0.39 is 0 Å². The smallest absolute Gasteiger partial charge is 0.110 e. The normalized spacial score (nSPS) is 12.9. The van der Waals surface area contributed by atoms with E-state index in [-0.39, 0.29) is 6.04 Å². The molecule has 16 heavy (non-hydrogen) atoms. The number of aromatic nitrogens is 2. The van der Waals surface area contributed by atoms with E-state index in [4.69, 9.17) is 17.3 Å². The molecular weight excluding hydrogens is 242 g/mol. The van der Waals surface area contributed by atoms with Gasteiger partial charge < -0.3 is 10.3 Å². The van der Waals surface area contributed by atoms with Crippen molar-refractivity contribution in [2.24, 2.45) is 5.73 Å². The van der Waals surface area contributed by atoms with Gasteiger partial charge in [0, 0.05) is 36.3 Å². The summed E-state index contributed by atoms with van der Waals surface area (Å²) >= 11 is 7.65. The Balaban J connectivity index is 2.13. The molecule has 0 aliphatic rings. The molecule has 2 aromatic rings. The lowest BCUT2D eigenvalue weighted by Crippen LogP contribution is -2.15. The number of halogens is 1. The molecule has 86 valence electrons. The van der Waals surface area contributed by atoms with E-state index in [9.17, 15) is 0 Å². The third-order valence-electron chi connectivity index (χ3n) is 2.53. The number of hydrogen-bond acceptors (Lipinski definition) is 3. The molecule has 1 unspecified atom stereocenters. The number of imidazole rings is 1. The highest BCUT2D eigenvalue weighted by Gasteiger charge is 2.14. The third-order valence-corrected chi connectivity index (χ3v) is 4.02. The zero-order chi connectivity index (χ0) is 11.5. The van der Waals surface area contributed by atoms with Crippen LogP contribution >= 0.6 is 22.9 Å². The van der Waals surface area contributed by atoms with Gasteiger partial charge >= 0.3 is 0 Å². The molecule has 0 saturated carbocycles. The van der Waals surface area contributed by atoms with Crippen LogP contribution in [0.3, 0.4) is 0 Å². The quantitative estimate of drug-likeness (QED) is 0.913. The molecule has 0 saturated heterocycles. The number of nitrogens with zero attached hydrogens (tertiary/aromatic N) is 2. The molecule has 5 heteroatoms. The molecule has 2 rings (SSSR count). The first kappa shape index (κ1) is 11.6. The minimum atomic E-state index is -0.0693. The Labute approximate surface area is 104 Å². The topological polar surface area (TPSA) is 43.8 Å². The van der Waals surface area contributed by atoms with Crippen LogP contribution in [-0.4, -0.2) is 9.55 Å². The Morgan fingerprint density at radius 3 is 3.06 bits per heavy atom. The molecule has 0 aromatic carbocycles. The SMILES string of the molecule is CCn1ccnc1CC(N)c1sccc1Cl. The van der Waals surface area contributed by atoms with Crippen LogP contribution in [0.15, 0.2) is 23.8 Å². The Kier molecular flexibility index (Phi) is 3.63. The molecule has 0 fully saturated rings. The van der Waals surface area contributed by atoms with E-state index in [1.54, 1.807) is 11.3 Å². The van der Waals surface area contributed by atoms with Gasteiger partial charge in [-0.05, 0) is 18.4 Å². The summed E-state index contributed by atoms with van der Waals surface area (Å²) in [5.74, 6) is 1.01. The molecular formula is C11H14ClN3S. The van der Waals surface area contributed by atoms with Gasteiger partial charge in [-0.25, -0.2) is 4.98 Å². The first-order chi connectivity index (χ1) is 7.72. The first-order valence-corrected chi connectivity index (χ1v) is 6.46. The second-order valence-corrected chi connectivity index (χ2v) is 4.93. The van der Waals surface area contributed by atoms with Crippen molar-refractivity contribution in [1.82, 2.24) is 9.55 Å². The monoisotopic (exact) mass is 255 g/mol. The highest BCUT2D eigenvalue weighted by molar-refractivity contribution is 7.10. The summed E-state index contributed by atoms with van der Waals surface area (Å²) in [4.78, 5) is 5.35. The molecule has 3 nitrogen and oxygen atoms in total. The maximum atomic E-state index is 6.13. The van der Waals surface area contributed by atoms with Gasteiger partial charge in [0.05, 0.1) is 5.02 Å². The molecule has 0 bridgehead atoms. The number of rotatable bonds is 4. The molecule has 0 radical (unpaired) electrons. The van der Waals surface area contributed by atoms with Gasteiger partial charge in [-0.2, -0.15) is 0 Å². The van der Waals surface area contributed by atoms with Gasteiger partial charge in [-0.3, -0.25) is 0 Å². The van der Waals surface area contributed by atoms with E-state index in [0.717, 1.165) is 28.7 Å². The van der Waals surface area contributed by atoms with E-state index in [2.05, 4.69) is 16.5 Å². The lowest BCUT2D eigenvalue weighted by molar-refractivity contribution is 0.634. The van der Waals surface area contributed by atoms with Crippen LogP contribution in [0.25, 0.3) is 0 Å². The molecule has 0 spiro atoms. The molecule has 2 aromatic heterocycles. The van der Waals surface area contributed by atoms with Gasteiger partial charge in [-0.15, -0.1) is 11.3 Å². The van der Waals surface area contributed by atoms with Gasteiger partial charge in [0.15, 0.2) is 0 Å². The van der Waals surface area contributed by atoms with Gasteiger partial charge in [-0.1, -0.05) is 11.6 Å². The average Bonchev–Trinajstić information content (AvgIpc) is 2.86. The van der Waals surface area contributed by atoms with E-state index in [1.165, 1.54) is 0 Å². The van der Waals surface area contributed by atoms with Crippen molar-refractivity contribution in [3.8, 4) is 0 Å². The summed E-state index contributed by atoms with van der Waals surface area (Å²) in [5, 5.41) is 2.72. The van der Waals surface area contributed by atoms with Gasteiger partial charge in [0.1, 0.15) is 5.82 Å². The van der Waals surface area contributed by atoms with Crippen molar-refractivity contribution in [2.75, 3.05) is 0 Å². The van der Waals surface area contributed by atoms with Crippen molar-refractivity contribution >= 4 is 22.9 Å². The summed E-state index contributed by atoms with van der Waals surface area (Å²) in [5.41, 5.74) is 6.13. The minimum absolute atomic E-state index is 0.0693. The van der Waals surface area contributed by atoms with Crippen molar-refractivity contribution in [3.63, 3.8) is 0 Å². The Morgan fingerprint density at radius 2 is 2.44 bits per heavy atom.